The summed E-state index contributed by atoms with van der Waals surface area (Å²) in [5, 5.41) is 16.2. The number of nitrogens with zero attached hydrogens (tertiary/aromatic N) is 1. The molecule has 0 spiro atoms. The van der Waals surface area contributed by atoms with Crippen molar-refractivity contribution in [1.29, 1.82) is 0 Å². The van der Waals surface area contributed by atoms with Gasteiger partial charge in [0.15, 0.2) is 0 Å². The second kappa shape index (κ2) is 13.8. The van der Waals surface area contributed by atoms with Crippen molar-refractivity contribution in [2.75, 3.05) is 5.75 Å². The highest BCUT2D eigenvalue weighted by atomic mass is 32.1. The maximum absolute atomic E-state index is 12.8. The Morgan fingerprint density at radius 3 is 2.06 bits per heavy atom. The molecule has 0 fully saturated rings. The van der Waals surface area contributed by atoms with Crippen molar-refractivity contribution < 1.29 is 33.9 Å². The number of aliphatic carboxylic acids is 1. The lowest BCUT2D eigenvalue weighted by Gasteiger charge is -2.24. The SMILES string of the molecule is NC(=O)CCC(N)C(=O)NC(CS)C(=O)NC(Cc1cnc[nH]1)C(=O)NC(CC(N)=O)C(=O)O. The standard InChI is InChI=1S/C18H28N8O7S/c19-9(1-2-13(20)27)15(29)26-12(6-34)17(31)24-10(3-8-5-22-7-23-8)16(30)25-11(18(32)33)4-14(21)28/h5,7,9-12,34H,1-4,6,19H2,(H2,20,27)(H2,21,28)(H,22,23)(H,24,31)(H,25,30)(H,26,29)(H,32,33). The molecule has 16 heteroatoms. The minimum atomic E-state index is -1.62. The number of hydrogen-bond acceptors (Lipinski definition) is 9. The van der Waals surface area contributed by atoms with Crippen LogP contribution in [0, 0.1) is 0 Å². The molecule has 1 aromatic heterocycles. The number of carboxylic acid groups (broad SMARTS) is 1. The molecule has 1 heterocycles. The Kier molecular flexibility index (Phi) is 11.5. The minimum absolute atomic E-state index is 0.0383. The van der Waals surface area contributed by atoms with Gasteiger partial charge in [-0.05, 0) is 6.42 Å². The van der Waals surface area contributed by atoms with Crippen LogP contribution in [0.2, 0.25) is 0 Å². The molecule has 0 aliphatic carbocycles. The molecule has 0 saturated heterocycles. The molecule has 0 aromatic carbocycles. The van der Waals surface area contributed by atoms with Crippen LogP contribution in [0.4, 0.5) is 0 Å². The van der Waals surface area contributed by atoms with E-state index in [2.05, 4.69) is 38.5 Å². The van der Waals surface area contributed by atoms with Gasteiger partial charge in [-0.3, -0.25) is 24.0 Å². The normalized spacial score (nSPS) is 14.2. The third-order valence-electron chi connectivity index (χ3n) is 4.49. The number of aromatic nitrogens is 2. The molecule has 34 heavy (non-hydrogen) atoms. The number of imidazole rings is 1. The van der Waals surface area contributed by atoms with E-state index in [0.29, 0.717) is 5.69 Å². The predicted molar refractivity (Wildman–Crippen MR) is 120 cm³/mol. The number of carboxylic acids is 1. The van der Waals surface area contributed by atoms with Crippen LogP contribution in [0.1, 0.15) is 25.0 Å². The van der Waals surface area contributed by atoms with E-state index in [-0.39, 0.29) is 25.0 Å². The van der Waals surface area contributed by atoms with Crippen molar-refractivity contribution in [1.82, 2.24) is 25.9 Å². The van der Waals surface area contributed by atoms with Crippen LogP contribution < -0.4 is 33.2 Å². The molecule has 15 nitrogen and oxygen atoms in total. The summed E-state index contributed by atoms with van der Waals surface area (Å²) in [7, 11) is 0. The maximum Gasteiger partial charge on any atom is 0.326 e. The minimum Gasteiger partial charge on any atom is -0.480 e. The summed E-state index contributed by atoms with van der Waals surface area (Å²) < 4.78 is 0. The summed E-state index contributed by atoms with van der Waals surface area (Å²) in [5.74, 6) is -5.73. The van der Waals surface area contributed by atoms with Gasteiger partial charge in [0.25, 0.3) is 0 Å². The van der Waals surface area contributed by atoms with E-state index in [1.165, 1.54) is 12.5 Å². The van der Waals surface area contributed by atoms with Crippen LogP contribution in [-0.4, -0.2) is 80.5 Å². The monoisotopic (exact) mass is 500 g/mol. The Balaban J connectivity index is 2.93. The van der Waals surface area contributed by atoms with Gasteiger partial charge in [-0.15, -0.1) is 0 Å². The van der Waals surface area contributed by atoms with Gasteiger partial charge in [0.2, 0.25) is 29.5 Å². The largest absolute Gasteiger partial charge is 0.480 e. The first-order valence-corrected chi connectivity index (χ1v) is 10.6. The number of aromatic amines is 1. The number of rotatable bonds is 15. The number of carbonyl (C=O) groups is 6. The zero-order valence-corrected chi connectivity index (χ0v) is 18.9. The summed E-state index contributed by atoms with van der Waals surface area (Å²) in [6.45, 7) is 0. The maximum atomic E-state index is 12.8. The average Bonchev–Trinajstić information content (AvgIpc) is 3.27. The van der Waals surface area contributed by atoms with Crippen molar-refractivity contribution >= 4 is 48.1 Å². The molecule has 4 unspecified atom stereocenters. The van der Waals surface area contributed by atoms with Gasteiger partial charge in [-0.25, -0.2) is 9.78 Å². The van der Waals surface area contributed by atoms with Gasteiger partial charge < -0.3 is 43.2 Å². The second-order valence-corrected chi connectivity index (χ2v) is 7.63. The lowest BCUT2D eigenvalue weighted by Crippen LogP contribution is -2.58. The smallest absolute Gasteiger partial charge is 0.326 e. The first-order valence-electron chi connectivity index (χ1n) is 9.98. The van der Waals surface area contributed by atoms with E-state index in [4.69, 9.17) is 17.2 Å². The zero-order valence-electron chi connectivity index (χ0n) is 18.0. The number of carbonyl (C=O) groups excluding carboxylic acids is 5. The summed E-state index contributed by atoms with van der Waals surface area (Å²) in [5.41, 5.74) is 16.2. The fraction of sp³-hybridized carbons (Fsp3) is 0.500. The molecular weight excluding hydrogens is 472 g/mol. The van der Waals surface area contributed by atoms with E-state index in [9.17, 15) is 33.9 Å². The van der Waals surface area contributed by atoms with Crippen molar-refractivity contribution in [3.8, 4) is 0 Å². The zero-order chi connectivity index (χ0) is 25.8. The number of hydrogen-bond donors (Lipinski definition) is 9. The number of primary amides is 2. The quantitative estimate of drug-likeness (QED) is 0.106. The Hall–Kier alpha value is -3.66. The molecule has 0 aliphatic rings. The highest BCUT2D eigenvalue weighted by Gasteiger charge is 2.31. The van der Waals surface area contributed by atoms with E-state index in [1.54, 1.807) is 0 Å². The number of thiol groups is 1. The topological polar surface area (TPSA) is 265 Å². The molecule has 0 saturated carbocycles. The summed E-state index contributed by atoms with van der Waals surface area (Å²) in [6, 6.07) is -5.26. The Morgan fingerprint density at radius 1 is 0.971 bits per heavy atom. The van der Waals surface area contributed by atoms with Gasteiger partial charge in [0.1, 0.15) is 18.1 Å². The van der Waals surface area contributed by atoms with Crippen molar-refractivity contribution in [3.05, 3.63) is 18.2 Å². The molecule has 0 radical (unpaired) electrons. The molecule has 1 aromatic rings. The lowest BCUT2D eigenvalue weighted by atomic mass is 10.1. The Bertz CT molecular complexity index is 895. The van der Waals surface area contributed by atoms with Crippen molar-refractivity contribution in [2.24, 2.45) is 17.2 Å². The summed E-state index contributed by atoms with van der Waals surface area (Å²) in [6.07, 6.45) is 1.78. The van der Waals surface area contributed by atoms with Crippen molar-refractivity contribution in [3.63, 3.8) is 0 Å². The van der Waals surface area contributed by atoms with Gasteiger partial charge in [-0.2, -0.15) is 12.6 Å². The highest BCUT2D eigenvalue weighted by molar-refractivity contribution is 7.80. The van der Waals surface area contributed by atoms with Crippen LogP contribution >= 0.6 is 12.6 Å². The van der Waals surface area contributed by atoms with Crippen LogP contribution in [0.15, 0.2) is 12.5 Å². The summed E-state index contributed by atoms with van der Waals surface area (Å²) >= 11 is 4.03. The first-order chi connectivity index (χ1) is 15.9. The Morgan fingerprint density at radius 2 is 1.56 bits per heavy atom. The summed E-state index contributed by atoms with van der Waals surface area (Å²) in [4.78, 5) is 77.6. The van der Waals surface area contributed by atoms with Gasteiger partial charge in [0, 0.05) is 30.5 Å². The lowest BCUT2D eigenvalue weighted by molar-refractivity contribution is -0.143. The van der Waals surface area contributed by atoms with Crippen LogP contribution in [0.5, 0.6) is 0 Å². The molecular formula is C18H28N8O7S. The Labute approximate surface area is 199 Å². The predicted octanol–water partition coefficient (Wildman–Crippen LogP) is -4.11. The fourth-order valence-corrected chi connectivity index (χ4v) is 2.93. The van der Waals surface area contributed by atoms with E-state index >= 15 is 0 Å². The second-order valence-electron chi connectivity index (χ2n) is 7.27. The number of nitrogens with two attached hydrogens (primary N) is 3. The third-order valence-corrected chi connectivity index (χ3v) is 4.85. The van der Waals surface area contributed by atoms with Crippen molar-refractivity contribution in [2.45, 2.75) is 49.9 Å². The molecule has 1 rings (SSSR count). The fourth-order valence-electron chi connectivity index (χ4n) is 2.67. The molecule has 5 amide bonds. The average molecular weight is 501 g/mol. The number of amides is 5. The number of nitrogens with one attached hydrogen (secondary N) is 4. The van der Waals surface area contributed by atoms with E-state index in [1.807, 2.05) is 0 Å². The molecule has 11 N–H and O–H groups in total. The third kappa shape index (κ3) is 9.86. The molecule has 0 bridgehead atoms. The van der Waals surface area contributed by atoms with Crippen LogP contribution in [0.25, 0.3) is 0 Å². The van der Waals surface area contributed by atoms with Gasteiger partial charge in [-0.1, -0.05) is 0 Å². The number of H-pyrrole nitrogens is 1. The van der Waals surface area contributed by atoms with Gasteiger partial charge in [0.05, 0.1) is 18.8 Å². The van der Waals surface area contributed by atoms with E-state index in [0.717, 1.165) is 0 Å². The van der Waals surface area contributed by atoms with Crippen LogP contribution in [0.3, 0.4) is 0 Å². The first kappa shape index (κ1) is 28.4. The molecule has 0 aliphatic heterocycles. The van der Waals surface area contributed by atoms with E-state index < -0.39 is 66.1 Å². The molecule has 4 atom stereocenters. The van der Waals surface area contributed by atoms with Crippen LogP contribution in [-0.2, 0) is 35.2 Å². The van der Waals surface area contributed by atoms with Gasteiger partial charge >= 0.3 is 5.97 Å². The highest BCUT2D eigenvalue weighted by Crippen LogP contribution is 2.03. The molecule has 188 valence electrons.